The first kappa shape index (κ1) is 16.1. The zero-order valence-electron chi connectivity index (χ0n) is 13.7. The highest BCUT2D eigenvalue weighted by atomic mass is 16.5. The van der Waals surface area contributed by atoms with Crippen molar-refractivity contribution in [1.29, 1.82) is 0 Å². The lowest BCUT2D eigenvalue weighted by molar-refractivity contribution is 0.267. The van der Waals surface area contributed by atoms with Crippen LogP contribution in [0.15, 0.2) is 79.4 Å². The van der Waals surface area contributed by atoms with Crippen LogP contribution in [-0.4, -0.2) is 16.2 Å². The van der Waals surface area contributed by atoms with Crippen molar-refractivity contribution in [3.8, 4) is 0 Å². The molecule has 0 fully saturated rings. The van der Waals surface area contributed by atoms with Crippen molar-refractivity contribution in [1.82, 2.24) is 9.55 Å². The molecule has 2 aromatic carbocycles. The minimum absolute atomic E-state index is 0.711. The zero-order chi connectivity index (χ0) is 16.5. The SMILES string of the molecule is C(=C(OCCCCn1ccnc1)c1ccccc1)c1ccccc1. The van der Waals surface area contributed by atoms with Crippen LogP contribution in [0.5, 0.6) is 0 Å². The topological polar surface area (TPSA) is 27.1 Å². The second-order valence-corrected chi connectivity index (χ2v) is 5.64. The Morgan fingerprint density at radius 2 is 1.71 bits per heavy atom. The van der Waals surface area contributed by atoms with Crippen LogP contribution in [-0.2, 0) is 11.3 Å². The van der Waals surface area contributed by atoms with Crippen molar-refractivity contribution in [3.05, 3.63) is 90.5 Å². The molecular formula is C21H22N2O. The lowest BCUT2D eigenvalue weighted by atomic mass is 10.1. The van der Waals surface area contributed by atoms with E-state index in [0.29, 0.717) is 6.61 Å². The summed E-state index contributed by atoms with van der Waals surface area (Å²) in [5, 5.41) is 0. The van der Waals surface area contributed by atoms with Gasteiger partial charge in [0.1, 0.15) is 5.76 Å². The Kier molecular flexibility index (Phi) is 5.84. The molecule has 0 saturated heterocycles. The normalized spacial score (nSPS) is 11.4. The summed E-state index contributed by atoms with van der Waals surface area (Å²) in [6, 6.07) is 20.6. The number of hydrogen-bond acceptors (Lipinski definition) is 2. The molecule has 0 aliphatic carbocycles. The van der Waals surface area contributed by atoms with Gasteiger partial charge in [-0.2, -0.15) is 0 Å². The second-order valence-electron chi connectivity index (χ2n) is 5.64. The van der Waals surface area contributed by atoms with Gasteiger partial charge in [0.2, 0.25) is 0 Å². The summed E-state index contributed by atoms with van der Waals surface area (Å²) in [5.74, 6) is 0.921. The molecule has 1 heterocycles. The van der Waals surface area contributed by atoms with Crippen LogP contribution in [0.25, 0.3) is 11.8 Å². The number of hydrogen-bond donors (Lipinski definition) is 0. The van der Waals surface area contributed by atoms with Gasteiger partial charge in [0, 0.05) is 24.5 Å². The average molecular weight is 318 g/mol. The average Bonchev–Trinajstić information content (AvgIpc) is 3.15. The van der Waals surface area contributed by atoms with E-state index in [9.17, 15) is 0 Å². The van der Waals surface area contributed by atoms with Crippen molar-refractivity contribution in [2.75, 3.05) is 6.61 Å². The minimum Gasteiger partial charge on any atom is -0.493 e. The molecule has 0 aliphatic rings. The fourth-order valence-electron chi connectivity index (χ4n) is 2.51. The summed E-state index contributed by atoms with van der Waals surface area (Å²) in [6.07, 6.45) is 9.84. The van der Waals surface area contributed by atoms with Crippen LogP contribution in [0.2, 0.25) is 0 Å². The smallest absolute Gasteiger partial charge is 0.127 e. The molecule has 0 radical (unpaired) electrons. The second kappa shape index (κ2) is 8.73. The molecule has 3 heteroatoms. The van der Waals surface area contributed by atoms with Crippen LogP contribution in [0.4, 0.5) is 0 Å². The molecule has 0 bridgehead atoms. The first-order chi connectivity index (χ1) is 11.9. The summed E-state index contributed by atoms with van der Waals surface area (Å²) in [6.45, 7) is 1.69. The molecule has 3 rings (SSSR count). The summed E-state index contributed by atoms with van der Waals surface area (Å²) in [4.78, 5) is 4.06. The van der Waals surface area contributed by atoms with Gasteiger partial charge in [-0.25, -0.2) is 4.98 Å². The third-order valence-corrected chi connectivity index (χ3v) is 3.78. The molecule has 0 amide bonds. The Hall–Kier alpha value is -2.81. The van der Waals surface area contributed by atoms with Crippen LogP contribution < -0.4 is 0 Å². The molecule has 0 saturated carbocycles. The maximum absolute atomic E-state index is 6.09. The molecule has 3 nitrogen and oxygen atoms in total. The van der Waals surface area contributed by atoms with Gasteiger partial charge in [-0.1, -0.05) is 60.7 Å². The minimum atomic E-state index is 0.711. The molecule has 24 heavy (non-hydrogen) atoms. The van der Waals surface area contributed by atoms with E-state index in [-0.39, 0.29) is 0 Å². The molecule has 0 aliphatic heterocycles. The zero-order valence-corrected chi connectivity index (χ0v) is 13.7. The molecular weight excluding hydrogens is 296 g/mol. The maximum Gasteiger partial charge on any atom is 0.127 e. The predicted molar refractivity (Wildman–Crippen MR) is 98.2 cm³/mol. The van der Waals surface area contributed by atoms with Gasteiger partial charge in [0.15, 0.2) is 0 Å². The first-order valence-corrected chi connectivity index (χ1v) is 8.32. The van der Waals surface area contributed by atoms with E-state index >= 15 is 0 Å². The molecule has 0 spiro atoms. The van der Waals surface area contributed by atoms with Crippen molar-refractivity contribution < 1.29 is 4.74 Å². The van der Waals surface area contributed by atoms with Crippen LogP contribution >= 0.6 is 0 Å². The Morgan fingerprint density at radius 1 is 0.958 bits per heavy atom. The summed E-state index contributed by atoms with van der Waals surface area (Å²) in [7, 11) is 0. The highest BCUT2D eigenvalue weighted by Crippen LogP contribution is 2.20. The van der Waals surface area contributed by atoms with E-state index in [4.69, 9.17) is 4.74 Å². The van der Waals surface area contributed by atoms with E-state index in [1.807, 2.05) is 55.1 Å². The van der Waals surface area contributed by atoms with E-state index in [1.165, 1.54) is 0 Å². The summed E-state index contributed by atoms with van der Waals surface area (Å²) >= 11 is 0. The molecule has 3 aromatic rings. The number of ether oxygens (including phenoxy) is 1. The van der Waals surface area contributed by atoms with Crippen LogP contribution in [0.3, 0.4) is 0 Å². The Balaban J connectivity index is 1.59. The molecule has 0 N–H and O–H groups in total. The van der Waals surface area contributed by atoms with E-state index in [2.05, 4.69) is 39.9 Å². The maximum atomic E-state index is 6.09. The number of aryl methyl sites for hydroxylation is 1. The molecule has 0 unspecified atom stereocenters. The van der Waals surface area contributed by atoms with Crippen molar-refractivity contribution >= 4 is 11.8 Å². The van der Waals surface area contributed by atoms with Gasteiger partial charge < -0.3 is 9.30 Å². The Labute approximate surface area is 143 Å². The van der Waals surface area contributed by atoms with Crippen LogP contribution in [0.1, 0.15) is 24.0 Å². The number of nitrogens with zero attached hydrogens (tertiary/aromatic N) is 2. The fraction of sp³-hybridized carbons (Fsp3) is 0.190. The third-order valence-electron chi connectivity index (χ3n) is 3.78. The van der Waals surface area contributed by atoms with Gasteiger partial charge in [-0.15, -0.1) is 0 Å². The van der Waals surface area contributed by atoms with Gasteiger partial charge in [0.05, 0.1) is 12.9 Å². The lowest BCUT2D eigenvalue weighted by Gasteiger charge is -2.11. The molecule has 122 valence electrons. The van der Waals surface area contributed by atoms with Crippen molar-refractivity contribution in [2.45, 2.75) is 19.4 Å². The summed E-state index contributed by atoms with van der Waals surface area (Å²) in [5.41, 5.74) is 2.26. The lowest BCUT2D eigenvalue weighted by Crippen LogP contribution is -1.99. The first-order valence-electron chi connectivity index (χ1n) is 8.32. The van der Waals surface area contributed by atoms with E-state index in [0.717, 1.165) is 36.3 Å². The van der Waals surface area contributed by atoms with E-state index < -0.39 is 0 Å². The number of rotatable bonds is 8. The highest BCUT2D eigenvalue weighted by Gasteiger charge is 2.03. The Morgan fingerprint density at radius 3 is 2.42 bits per heavy atom. The van der Waals surface area contributed by atoms with Crippen molar-refractivity contribution in [2.24, 2.45) is 0 Å². The van der Waals surface area contributed by atoms with Gasteiger partial charge in [-0.05, 0) is 24.5 Å². The number of benzene rings is 2. The quantitative estimate of drug-likeness (QED) is 0.336. The standard InChI is InChI=1S/C21H22N2O/c1-3-9-19(10-4-1)17-21(20-11-5-2-6-12-20)24-16-8-7-14-23-15-13-22-18-23/h1-6,9-13,15,17-18H,7-8,14,16H2. The number of unbranched alkanes of at least 4 members (excludes halogenated alkanes) is 1. The fourth-order valence-corrected chi connectivity index (χ4v) is 2.51. The van der Waals surface area contributed by atoms with Crippen LogP contribution in [0, 0.1) is 0 Å². The molecule has 1 aromatic heterocycles. The monoisotopic (exact) mass is 318 g/mol. The highest BCUT2D eigenvalue weighted by molar-refractivity contribution is 5.77. The predicted octanol–water partition coefficient (Wildman–Crippen LogP) is 4.88. The largest absolute Gasteiger partial charge is 0.493 e. The van der Waals surface area contributed by atoms with Crippen molar-refractivity contribution in [3.63, 3.8) is 0 Å². The van der Waals surface area contributed by atoms with Gasteiger partial charge in [0.25, 0.3) is 0 Å². The Bertz CT molecular complexity index is 734. The van der Waals surface area contributed by atoms with Gasteiger partial charge >= 0.3 is 0 Å². The molecule has 0 atom stereocenters. The van der Waals surface area contributed by atoms with E-state index in [1.54, 1.807) is 0 Å². The van der Waals surface area contributed by atoms with Gasteiger partial charge in [-0.3, -0.25) is 0 Å². The third kappa shape index (κ3) is 4.85. The number of imidazole rings is 1. The number of aromatic nitrogens is 2. The summed E-state index contributed by atoms with van der Waals surface area (Å²) < 4.78 is 8.18.